The standard InChI is InChI=1S/C12H21N3O4/c1-9(10(16)14-11(17)13-2)15-5-3-12(4-6-15)18-7-8-19-12/h9H,3-8H2,1-2H3,(H2,13,14,16,17)/t9-/m0/s1. The molecule has 0 aromatic carbocycles. The summed E-state index contributed by atoms with van der Waals surface area (Å²) < 4.78 is 11.3. The second-order valence-corrected chi connectivity index (χ2v) is 4.89. The summed E-state index contributed by atoms with van der Waals surface area (Å²) in [5.41, 5.74) is 0. The van der Waals surface area contributed by atoms with E-state index in [9.17, 15) is 9.59 Å². The summed E-state index contributed by atoms with van der Waals surface area (Å²) in [5, 5.41) is 4.66. The number of carbonyl (C=O) groups excluding carboxylic acids is 2. The minimum Gasteiger partial charge on any atom is -0.347 e. The van der Waals surface area contributed by atoms with Crippen molar-refractivity contribution >= 4 is 11.9 Å². The van der Waals surface area contributed by atoms with Crippen LogP contribution in [0.5, 0.6) is 0 Å². The number of carbonyl (C=O) groups is 2. The van der Waals surface area contributed by atoms with Gasteiger partial charge in [0.1, 0.15) is 0 Å². The monoisotopic (exact) mass is 271 g/mol. The van der Waals surface area contributed by atoms with Gasteiger partial charge in [0.25, 0.3) is 0 Å². The predicted octanol–water partition coefficient (Wildman–Crippen LogP) is -0.331. The van der Waals surface area contributed by atoms with E-state index in [0.717, 1.165) is 25.9 Å². The maximum atomic E-state index is 11.8. The minimum atomic E-state index is -0.479. The lowest BCUT2D eigenvalue weighted by atomic mass is 10.0. The van der Waals surface area contributed by atoms with Crippen molar-refractivity contribution in [3.05, 3.63) is 0 Å². The number of hydrogen-bond donors (Lipinski definition) is 2. The Morgan fingerprint density at radius 2 is 1.79 bits per heavy atom. The van der Waals surface area contributed by atoms with Crippen LogP contribution in [0.3, 0.4) is 0 Å². The molecule has 2 saturated heterocycles. The molecule has 2 heterocycles. The fourth-order valence-electron chi connectivity index (χ4n) is 2.48. The summed E-state index contributed by atoms with van der Waals surface area (Å²) in [6.07, 6.45) is 1.51. The Kier molecular flexibility index (Phi) is 4.38. The van der Waals surface area contributed by atoms with E-state index in [2.05, 4.69) is 10.6 Å². The summed E-state index contributed by atoms with van der Waals surface area (Å²) in [5.74, 6) is -0.725. The molecule has 0 saturated carbocycles. The minimum absolute atomic E-state index is 0.288. The molecule has 2 N–H and O–H groups in total. The average molecular weight is 271 g/mol. The summed E-state index contributed by atoms with van der Waals surface area (Å²) >= 11 is 0. The molecule has 0 unspecified atom stereocenters. The molecule has 3 amide bonds. The lowest BCUT2D eigenvalue weighted by Gasteiger charge is -2.39. The predicted molar refractivity (Wildman–Crippen MR) is 67.5 cm³/mol. The van der Waals surface area contributed by atoms with Gasteiger partial charge in [-0.25, -0.2) is 4.79 Å². The molecular formula is C12H21N3O4. The van der Waals surface area contributed by atoms with Crippen molar-refractivity contribution < 1.29 is 19.1 Å². The van der Waals surface area contributed by atoms with Crippen LogP contribution in [-0.2, 0) is 14.3 Å². The van der Waals surface area contributed by atoms with E-state index in [-0.39, 0.29) is 11.9 Å². The molecule has 0 radical (unpaired) electrons. The van der Waals surface area contributed by atoms with Crippen LogP contribution in [0.1, 0.15) is 19.8 Å². The second-order valence-electron chi connectivity index (χ2n) is 4.89. The van der Waals surface area contributed by atoms with Crippen LogP contribution in [0.25, 0.3) is 0 Å². The summed E-state index contributed by atoms with van der Waals surface area (Å²) in [7, 11) is 1.48. The first-order valence-electron chi connectivity index (χ1n) is 6.61. The van der Waals surface area contributed by atoms with Crippen molar-refractivity contribution in [2.24, 2.45) is 0 Å². The largest absolute Gasteiger partial charge is 0.347 e. The summed E-state index contributed by atoms with van der Waals surface area (Å²) in [6.45, 7) is 4.54. The van der Waals surface area contributed by atoms with E-state index in [1.54, 1.807) is 6.92 Å². The number of likely N-dealkylation sites (tertiary alicyclic amines) is 1. The van der Waals surface area contributed by atoms with Gasteiger partial charge in [0.05, 0.1) is 19.3 Å². The molecule has 1 atom stereocenters. The van der Waals surface area contributed by atoms with Crippen LogP contribution < -0.4 is 10.6 Å². The highest BCUT2D eigenvalue weighted by Gasteiger charge is 2.41. The van der Waals surface area contributed by atoms with Gasteiger partial charge >= 0.3 is 6.03 Å². The molecule has 1 spiro atoms. The lowest BCUT2D eigenvalue weighted by Crippen LogP contribution is -2.54. The molecular weight excluding hydrogens is 250 g/mol. The van der Waals surface area contributed by atoms with Crippen molar-refractivity contribution in [3.8, 4) is 0 Å². The Morgan fingerprint density at radius 1 is 1.21 bits per heavy atom. The van der Waals surface area contributed by atoms with Crippen LogP contribution in [-0.4, -0.2) is 62.0 Å². The highest BCUT2D eigenvalue weighted by Crippen LogP contribution is 2.31. The Morgan fingerprint density at radius 3 is 2.32 bits per heavy atom. The molecule has 2 aliphatic rings. The van der Waals surface area contributed by atoms with E-state index in [1.807, 2.05) is 4.90 Å². The van der Waals surface area contributed by atoms with Crippen LogP contribution in [0.4, 0.5) is 4.79 Å². The third-order valence-electron chi connectivity index (χ3n) is 3.76. The maximum Gasteiger partial charge on any atom is 0.321 e. The number of imide groups is 1. The molecule has 108 valence electrons. The molecule has 0 aliphatic carbocycles. The number of urea groups is 1. The maximum absolute atomic E-state index is 11.8. The van der Waals surface area contributed by atoms with Gasteiger partial charge in [0.15, 0.2) is 5.79 Å². The van der Waals surface area contributed by atoms with Crippen LogP contribution in [0.2, 0.25) is 0 Å². The van der Waals surface area contributed by atoms with E-state index in [0.29, 0.717) is 13.2 Å². The van der Waals surface area contributed by atoms with Crippen molar-refractivity contribution in [1.29, 1.82) is 0 Å². The highest BCUT2D eigenvalue weighted by atomic mass is 16.7. The zero-order valence-electron chi connectivity index (χ0n) is 11.4. The Bertz CT molecular complexity index is 345. The first-order chi connectivity index (χ1) is 9.06. The van der Waals surface area contributed by atoms with E-state index >= 15 is 0 Å². The fourth-order valence-corrected chi connectivity index (χ4v) is 2.48. The molecule has 7 nitrogen and oxygen atoms in total. The number of nitrogens with zero attached hydrogens (tertiary/aromatic N) is 1. The van der Waals surface area contributed by atoms with Crippen LogP contribution in [0, 0.1) is 0 Å². The molecule has 0 aromatic heterocycles. The first-order valence-corrected chi connectivity index (χ1v) is 6.61. The van der Waals surface area contributed by atoms with E-state index in [1.165, 1.54) is 7.05 Å². The summed E-state index contributed by atoms with van der Waals surface area (Å²) in [6, 6.07) is -0.816. The Hall–Kier alpha value is -1.18. The van der Waals surface area contributed by atoms with Crippen LogP contribution >= 0.6 is 0 Å². The fraction of sp³-hybridized carbons (Fsp3) is 0.833. The number of ether oxygens (including phenoxy) is 2. The summed E-state index contributed by atoms with van der Waals surface area (Å²) in [4.78, 5) is 25.0. The van der Waals surface area contributed by atoms with Crippen molar-refractivity contribution in [1.82, 2.24) is 15.5 Å². The van der Waals surface area contributed by atoms with Gasteiger partial charge in [-0.2, -0.15) is 0 Å². The van der Waals surface area contributed by atoms with E-state index in [4.69, 9.17) is 9.47 Å². The number of piperidine rings is 1. The number of nitrogens with one attached hydrogen (secondary N) is 2. The third kappa shape index (κ3) is 3.23. The number of rotatable bonds is 2. The van der Waals surface area contributed by atoms with Gasteiger partial charge in [-0.1, -0.05) is 0 Å². The van der Waals surface area contributed by atoms with Crippen LogP contribution in [0.15, 0.2) is 0 Å². The molecule has 2 rings (SSSR count). The Labute approximate surface area is 112 Å². The molecule has 2 fully saturated rings. The number of hydrogen-bond acceptors (Lipinski definition) is 5. The highest BCUT2D eigenvalue weighted by molar-refractivity contribution is 5.96. The molecule has 2 aliphatic heterocycles. The van der Waals surface area contributed by atoms with Gasteiger partial charge in [-0.3, -0.25) is 15.0 Å². The van der Waals surface area contributed by atoms with Gasteiger partial charge < -0.3 is 14.8 Å². The normalized spacial score (nSPS) is 24.1. The topological polar surface area (TPSA) is 79.9 Å². The van der Waals surface area contributed by atoms with Gasteiger partial charge in [0.2, 0.25) is 5.91 Å². The number of amides is 3. The SMILES string of the molecule is CNC(=O)NC(=O)[C@H](C)N1CCC2(CC1)OCCO2. The lowest BCUT2D eigenvalue weighted by molar-refractivity contribution is -0.188. The molecule has 0 bridgehead atoms. The van der Waals surface area contributed by atoms with Crippen molar-refractivity contribution in [2.45, 2.75) is 31.6 Å². The Balaban J connectivity index is 1.83. The van der Waals surface area contributed by atoms with E-state index < -0.39 is 11.8 Å². The van der Waals surface area contributed by atoms with Gasteiger partial charge in [-0.15, -0.1) is 0 Å². The zero-order valence-corrected chi connectivity index (χ0v) is 11.4. The smallest absolute Gasteiger partial charge is 0.321 e. The quantitative estimate of drug-likeness (QED) is 0.719. The molecule has 0 aromatic rings. The second kappa shape index (κ2) is 5.85. The first kappa shape index (κ1) is 14.2. The van der Waals surface area contributed by atoms with Crippen molar-refractivity contribution in [2.75, 3.05) is 33.4 Å². The molecule has 19 heavy (non-hydrogen) atoms. The third-order valence-corrected chi connectivity index (χ3v) is 3.76. The zero-order chi connectivity index (χ0) is 13.9. The molecule has 7 heteroatoms. The van der Waals surface area contributed by atoms with Gasteiger partial charge in [0, 0.05) is 33.0 Å². The average Bonchev–Trinajstić information content (AvgIpc) is 2.87. The van der Waals surface area contributed by atoms with Gasteiger partial charge in [-0.05, 0) is 6.92 Å². The van der Waals surface area contributed by atoms with Crippen molar-refractivity contribution in [3.63, 3.8) is 0 Å².